The maximum absolute atomic E-state index is 12.7. The minimum atomic E-state index is -0.535. The number of ether oxygens (including phenoxy) is 2. The average molecular weight is 637 g/mol. The van der Waals surface area contributed by atoms with Crippen LogP contribution < -0.4 is 10.1 Å². The fourth-order valence-electron chi connectivity index (χ4n) is 5.79. The van der Waals surface area contributed by atoms with E-state index in [1.165, 1.54) is 10.4 Å². The molecule has 9 nitrogen and oxygen atoms in total. The lowest BCUT2D eigenvalue weighted by molar-refractivity contribution is 0.0206. The molecule has 10 heteroatoms. The molecule has 1 N–H and O–H groups in total. The van der Waals surface area contributed by atoms with Crippen LogP contribution in [0.25, 0.3) is 22.0 Å². The van der Waals surface area contributed by atoms with Crippen LogP contribution in [0.15, 0.2) is 66.4 Å². The number of pyridine rings is 1. The molecule has 2 aromatic carbocycles. The van der Waals surface area contributed by atoms with E-state index in [9.17, 15) is 4.79 Å². The summed E-state index contributed by atoms with van der Waals surface area (Å²) in [5.41, 5.74) is 6.28. The molecule has 1 saturated heterocycles. The molecule has 5 aromatic rings. The van der Waals surface area contributed by atoms with Crippen molar-refractivity contribution in [3.05, 3.63) is 88.1 Å². The van der Waals surface area contributed by atoms with Gasteiger partial charge < -0.3 is 19.7 Å². The van der Waals surface area contributed by atoms with Gasteiger partial charge in [-0.1, -0.05) is 30.3 Å². The Morgan fingerprint density at radius 2 is 1.87 bits per heavy atom. The van der Waals surface area contributed by atoms with Crippen molar-refractivity contribution in [3.63, 3.8) is 0 Å². The lowest BCUT2D eigenvalue weighted by Crippen LogP contribution is -2.47. The van der Waals surface area contributed by atoms with Crippen LogP contribution in [-0.4, -0.2) is 55.7 Å². The fourth-order valence-corrected chi connectivity index (χ4v) is 6.42. The number of nitrogens with zero attached hydrogens (tertiary/aromatic N) is 5. The normalized spacial score (nSPS) is 15.2. The molecule has 0 radical (unpaired) electrons. The number of amides is 1. The van der Waals surface area contributed by atoms with Gasteiger partial charge in [0.1, 0.15) is 11.4 Å². The molecule has 6 rings (SSSR count). The molecule has 46 heavy (non-hydrogen) atoms. The van der Waals surface area contributed by atoms with Gasteiger partial charge in [0.2, 0.25) is 11.8 Å². The third-order valence-corrected chi connectivity index (χ3v) is 8.88. The van der Waals surface area contributed by atoms with Gasteiger partial charge in [-0.05, 0) is 95.0 Å². The van der Waals surface area contributed by atoms with E-state index in [-0.39, 0.29) is 12.1 Å². The highest BCUT2D eigenvalue weighted by Gasteiger charge is 2.28. The van der Waals surface area contributed by atoms with Crippen molar-refractivity contribution in [2.75, 3.05) is 18.4 Å². The summed E-state index contributed by atoms with van der Waals surface area (Å²) in [5.74, 6) is 1.74. The highest BCUT2D eigenvalue weighted by molar-refractivity contribution is 7.09. The summed E-state index contributed by atoms with van der Waals surface area (Å²) in [6.45, 7) is 11.0. The lowest BCUT2D eigenvalue weighted by atomic mass is 9.97. The third-order valence-electron chi connectivity index (χ3n) is 8.08. The number of benzene rings is 2. The van der Waals surface area contributed by atoms with Crippen LogP contribution >= 0.6 is 11.3 Å². The van der Waals surface area contributed by atoms with Gasteiger partial charge in [0.25, 0.3) is 0 Å². The largest absolute Gasteiger partial charge is 0.444 e. The third kappa shape index (κ3) is 7.28. The fraction of sp³-hybridized carbons (Fsp3) is 0.361. The average Bonchev–Trinajstić information content (AvgIpc) is 3.45. The molecular weight excluding hydrogens is 597 g/mol. The summed E-state index contributed by atoms with van der Waals surface area (Å²) in [5, 5.41) is 5.64. The smallest absolute Gasteiger partial charge is 0.410 e. The molecule has 1 amide bonds. The second kappa shape index (κ2) is 13.4. The van der Waals surface area contributed by atoms with Crippen molar-refractivity contribution in [1.82, 2.24) is 24.8 Å². The Kier molecular flexibility index (Phi) is 9.17. The van der Waals surface area contributed by atoms with E-state index in [1.807, 2.05) is 44.5 Å². The van der Waals surface area contributed by atoms with E-state index >= 15 is 0 Å². The highest BCUT2D eigenvalue weighted by Crippen LogP contribution is 2.38. The van der Waals surface area contributed by atoms with Crippen LogP contribution in [0, 0.1) is 13.8 Å². The predicted octanol–water partition coefficient (Wildman–Crippen LogP) is 8.15. The van der Waals surface area contributed by atoms with Gasteiger partial charge in [-0.3, -0.25) is 0 Å². The molecule has 4 heterocycles. The van der Waals surface area contributed by atoms with Crippen LogP contribution in [0.5, 0.6) is 11.6 Å². The first-order chi connectivity index (χ1) is 22.1. The second-order valence-electron chi connectivity index (χ2n) is 12.7. The maximum Gasteiger partial charge on any atom is 0.410 e. The first-order valence-electron chi connectivity index (χ1n) is 15.8. The van der Waals surface area contributed by atoms with Crippen LogP contribution in [0.3, 0.4) is 0 Å². The molecule has 1 fully saturated rings. The number of fused-ring (bicyclic) bond motifs is 1. The monoisotopic (exact) mass is 636 g/mol. The van der Waals surface area contributed by atoms with E-state index in [1.54, 1.807) is 28.6 Å². The molecule has 0 saturated carbocycles. The Labute approximate surface area is 274 Å². The SMILES string of the molecule is Cc1ccc2c(CCc3ncsc3C)cccc2c1Oc1ncccc1-c1ccnc(N[C@H]2CCCN(C(=O)OC(C)(C)C)C2)n1. The van der Waals surface area contributed by atoms with Crippen molar-refractivity contribution >= 4 is 34.2 Å². The molecule has 238 valence electrons. The zero-order valence-electron chi connectivity index (χ0n) is 27.0. The van der Waals surface area contributed by atoms with Crippen molar-refractivity contribution in [2.24, 2.45) is 0 Å². The number of anilines is 1. The summed E-state index contributed by atoms with van der Waals surface area (Å²) in [6.07, 6.45) is 6.73. The summed E-state index contributed by atoms with van der Waals surface area (Å²) >= 11 is 1.69. The molecule has 1 aliphatic rings. The number of rotatable bonds is 8. The standard InChI is InChI=1S/C36H40N6O3S/c1-23-13-15-27-25(14-16-30-24(2)46-22-39-30)9-6-11-28(27)32(23)44-33-29(12-7-18-37-33)31-17-19-38-34(41-31)40-26-10-8-20-42(21-26)35(43)45-36(3,4)5/h6-7,9,11-13,15,17-19,22,26H,8,10,14,16,20-21H2,1-5H3,(H,38,40,41)/t26-/m0/s1. The summed E-state index contributed by atoms with van der Waals surface area (Å²) in [6, 6.07) is 16.4. The molecule has 0 bridgehead atoms. The number of piperidine rings is 1. The number of aryl methyl sites for hydroxylation is 4. The van der Waals surface area contributed by atoms with Crippen molar-refractivity contribution in [1.29, 1.82) is 0 Å². The number of likely N-dealkylation sites (tertiary alicyclic amines) is 1. The summed E-state index contributed by atoms with van der Waals surface area (Å²) < 4.78 is 12.2. The molecule has 1 atom stereocenters. The molecule has 3 aromatic heterocycles. The predicted molar refractivity (Wildman–Crippen MR) is 183 cm³/mol. The van der Waals surface area contributed by atoms with Gasteiger partial charge in [-0.25, -0.2) is 24.7 Å². The second-order valence-corrected chi connectivity index (χ2v) is 13.8. The maximum atomic E-state index is 12.7. The molecular formula is C36H40N6O3S. The Hall–Kier alpha value is -4.57. The molecule has 1 aliphatic heterocycles. The van der Waals surface area contributed by atoms with Gasteiger partial charge in [-0.15, -0.1) is 11.3 Å². The van der Waals surface area contributed by atoms with E-state index in [0.717, 1.165) is 59.0 Å². The molecule has 0 aliphatic carbocycles. The highest BCUT2D eigenvalue weighted by atomic mass is 32.1. The topological polar surface area (TPSA) is 102 Å². The van der Waals surface area contributed by atoms with Crippen LogP contribution in [0.2, 0.25) is 0 Å². The van der Waals surface area contributed by atoms with Gasteiger partial charge >= 0.3 is 6.09 Å². The quantitative estimate of drug-likeness (QED) is 0.182. The van der Waals surface area contributed by atoms with Crippen molar-refractivity contribution in [3.8, 4) is 22.9 Å². The minimum Gasteiger partial charge on any atom is -0.444 e. The number of hydrogen-bond donors (Lipinski definition) is 1. The first-order valence-corrected chi connectivity index (χ1v) is 16.6. The Morgan fingerprint density at radius 1 is 1.00 bits per heavy atom. The van der Waals surface area contributed by atoms with E-state index < -0.39 is 5.60 Å². The number of hydrogen-bond acceptors (Lipinski definition) is 9. The summed E-state index contributed by atoms with van der Waals surface area (Å²) in [4.78, 5) is 34.2. The van der Waals surface area contributed by atoms with Crippen molar-refractivity contribution in [2.45, 2.75) is 71.9 Å². The minimum absolute atomic E-state index is 0.00750. The van der Waals surface area contributed by atoms with Gasteiger partial charge in [0, 0.05) is 41.8 Å². The van der Waals surface area contributed by atoms with Crippen LogP contribution in [-0.2, 0) is 17.6 Å². The van der Waals surface area contributed by atoms with E-state index in [2.05, 4.69) is 64.4 Å². The number of aromatic nitrogens is 4. The van der Waals surface area contributed by atoms with E-state index in [0.29, 0.717) is 30.6 Å². The van der Waals surface area contributed by atoms with Crippen LogP contribution in [0.4, 0.5) is 10.7 Å². The van der Waals surface area contributed by atoms with Crippen LogP contribution in [0.1, 0.15) is 55.3 Å². The molecule has 0 spiro atoms. The van der Waals surface area contributed by atoms with E-state index in [4.69, 9.17) is 14.5 Å². The Bertz CT molecular complexity index is 1850. The van der Waals surface area contributed by atoms with Gasteiger partial charge in [0.05, 0.1) is 22.5 Å². The van der Waals surface area contributed by atoms with Gasteiger partial charge in [0.15, 0.2) is 0 Å². The zero-order chi connectivity index (χ0) is 32.3. The first kappa shape index (κ1) is 31.4. The Balaban J connectivity index is 1.23. The zero-order valence-corrected chi connectivity index (χ0v) is 27.9. The van der Waals surface area contributed by atoms with Gasteiger partial charge in [-0.2, -0.15) is 0 Å². The Morgan fingerprint density at radius 3 is 2.67 bits per heavy atom. The number of carbonyl (C=O) groups excluding carboxylic acids is 1. The number of carbonyl (C=O) groups is 1. The number of thiazole rings is 1. The van der Waals surface area contributed by atoms with Crippen molar-refractivity contribution < 1.29 is 14.3 Å². The number of nitrogens with one attached hydrogen (secondary N) is 1. The summed E-state index contributed by atoms with van der Waals surface area (Å²) in [7, 11) is 0. The molecule has 0 unspecified atom stereocenters. The lowest BCUT2D eigenvalue weighted by Gasteiger charge is -2.34.